The number of rotatable bonds is 7. The lowest BCUT2D eigenvalue weighted by atomic mass is 10.2. The number of carboxylic acids is 1. The summed E-state index contributed by atoms with van der Waals surface area (Å²) < 4.78 is 0. The summed E-state index contributed by atoms with van der Waals surface area (Å²) in [5, 5.41) is 19.9. The van der Waals surface area contributed by atoms with Gasteiger partial charge in [-0.15, -0.1) is 0 Å². The number of aliphatic hydroxyl groups is 1. The van der Waals surface area contributed by atoms with Crippen LogP contribution >= 0.6 is 11.8 Å². The first kappa shape index (κ1) is 13.2. The number of carboxylic acid groups (broad SMARTS) is 1. The molecule has 0 fully saturated rings. The summed E-state index contributed by atoms with van der Waals surface area (Å²) in [5.41, 5.74) is 0. The van der Waals surface area contributed by atoms with E-state index in [0.29, 0.717) is 12.2 Å². The molecule has 0 radical (unpaired) electrons. The molecular weight excluding hydrogens is 206 g/mol. The molecule has 0 bridgehead atoms. The van der Waals surface area contributed by atoms with Crippen molar-refractivity contribution in [2.45, 2.75) is 18.9 Å². The van der Waals surface area contributed by atoms with E-state index in [2.05, 4.69) is 5.32 Å². The van der Waals surface area contributed by atoms with E-state index in [9.17, 15) is 14.7 Å². The van der Waals surface area contributed by atoms with Gasteiger partial charge in [0.05, 0.1) is 6.42 Å². The summed E-state index contributed by atoms with van der Waals surface area (Å²) in [6.07, 6.45) is 1.12. The maximum Gasteiger partial charge on any atom is 0.305 e. The summed E-state index contributed by atoms with van der Waals surface area (Å²) in [6, 6.07) is 0. The zero-order chi connectivity index (χ0) is 11.0. The van der Waals surface area contributed by atoms with E-state index in [1.165, 1.54) is 0 Å². The third-order valence-corrected chi connectivity index (χ3v) is 2.18. The molecule has 1 atom stereocenters. The minimum Gasteiger partial charge on any atom is -0.481 e. The molecule has 0 spiro atoms. The second-order valence-electron chi connectivity index (χ2n) is 2.73. The highest BCUT2D eigenvalue weighted by molar-refractivity contribution is 7.98. The number of hydrogen-bond donors (Lipinski definition) is 3. The first-order valence-electron chi connectivity index (χ1n) is 4.24. The lowest BCUT2D eigenvalue weighted by molar-refractivity contribution is -0.137. The van der Waals surface area contributed by atoms with Gasteiger partial charge >= 0.3 is 5.97 Å². The van der Waals surface area contributed by atoms with Gasteiger partial charge in [0.25, 0.3) is 0 Å². The Balaban J connectivity index is 3.56. The topological polar surface area (TPSA) is 86.6 Å². The van der Waals surface area contributed by atoms with Crippen LogP contribution in [0.3, 0.4) is 0 Å². The van der Waals surface area contributed by atoms with Gasteiger partial charge in [-0.05, 0) is 18.4 Å². The quantitative estimate of drug-likeness (QED) is 0.549. The number of thioether (sulfide) groups is 1. The molecule has 1 amide bonds. The van der Waals surface area contributed by atoms with Crippen molar-refractivity contribution in [1.29, 1.82) is 0 Å². The van der Waals surface area contributed by atoms with Crippen LogP contribution in [-0.2, 0) is 9.59 Å². The number of carbonyl (C=O) groups is 2. The summed E-state index contributed by atoms with van der Waals surface area (Å²) in [6.45, 7) is 0.0600. The maximum absolute atomic E-state index is 11.1. The Morgan fingerprint density at radius 1 is 1.50 bits per heavy atom. The lowest BCUT2D eigenvalue weighted by Gasteiger charge is -2.09. The molecule has 5 nitrogen and oxygen atoms in total. The third-order valence-electron chi connectivity index (χ3n) is 1.54. The summed E-state index contributed by atoms with van der Waals surface area (Å²) in [5.74, 6) is -0.766. The number of aliphatic carboxylic acids is 1. The van der Waals surface area contributed by atoms with E-state index in [1.54, 1.807) is 11.8 Å². The van der Waals surface area contributed by atoms with E-state index < -0.39 is 18.0 Å². The predicted molar refractivity (Wildman–Crippen MR) is 54.3 cm³/mol. The van der Waals surface area contributed by atoms with E-state index in [1.807, 2.05) is 6.26 Å². The molecule has 0 saturated carbocycles. The van der Waals surface area contributed by atoms with Crippen molar-refractivity contribution >= 4 is 23.6 Å². The average Bonchev–Trinajstić information content (AvgIpc) is 2.13. The average molecular weight is 221 g/mol. The van der Waals surface area contributed by atoms with Crippen LogP contribution in [0.15, 0.2) is 0 Å². The van der Waals surface area contributed by atoms with E-state index in [0.717, 1.165) is 0 Å². The summed E-state index contributed by atoms with van der Waals surface area (Å²) in [7, 11) is 0. The van der Waals surface area contributed by atoms with Crippen LogP contribution in [0.2, 0.25) is 0 Å². The third kappa shape index (κ3) is 6.73. The van der Waals surface area contributed by atoms with Crippen LogP contribution in [0.1, 0.15) is 12.8 Å². The molecule has 0 aliphatic heterocycles. The molecular formula is C8H15NO4S. The van der Waals surface area contributed by atoms with Gasteiger partial charge in [-0.25, -0.2) is 0 Å². The molecule has 0 saturated heterocycles. The smallest absolute Gasteiger partial charge is 0.305 e. The van der Waals surface area contributed by atoms with Gasteiger partial charge in [0, 0.05) is 6.54 Å². The van der Waals surface area contributed by atoms with Crippen LogP contribution in [0.25, 0.3) is 0 Å². The Hall–Kier alpha value is -0.750. The predicted octanol–water partition coefficient (Wildman–Crippen LogP) is -0.309. The minimum atomic E-state index is -1.03. The number of aliphatic hydroxyl groups excluding tert-OH is 1. The largest absolute Gasteiger partial charge is 0.481 e. The first-order chi connectivity index (χ1) is 6.57. The second kappa shape index (κ2) is 7.64. The molecule has 82 valence electrons. The molecule has 0 aromatic heterocycles. The maximum atomic E-state index is 11.1. The molecule has 3 N–H and O–H groups in total. The van der Waals surface area contributed by atoms with Crippen molar-refractivity contribution in [3.63, 3.8) is 0 Å². The molecule has 0 aliphatic rings. The Morgan fingerprint density at radius 2 is 2.14 bits per heavy atom. The normalized spacial score (nSPS) is 12.1. The van der Waals surface area contributed by atoms with Crippen molar-refractivity contribution in [2.24, 2.45) is 0 Å². The van der Waals surface area contributed by atoms with Gasteiger partial charge in [-0.3, -0.25) is 9.59 Å². The van der Waals surface area contributed by atoms with Crippen molar-refractivity contribution in [1.82, 2.24) is 5.32 Å². The lowest BCUT2D eigenvalue weighted by Crippen LogP contribution is -2.36. The van der Waals surface area contributed by atoms with Crippen molar-refractivity contribution in [2.75, 3.05) is 18.6 Å². The monoisotopic (exact) mass is 221 g/mol. The van der Waals surface area contributed by atoms with Gasteiger partial charge < -0.3 is 15.5 Å². The van der Waals surface area contributed by atoms with Crippen LogP contribution in [0.5, 0.6) is 0 Å². The Labute approximate surface area is 86.9 Å². The zero-order valence-electron chi connectivity index (χ0n) is 8.02. The highest BCUT2D eigenvalue weighted by Crippen LogP contribution is 2.00. The van der Waals surface area contributed by atoms with Crippen LogP contribution < -0.4 is 5.32 Å². The number of amides is 1. The van der Waals surface area contributed by atoms with Crippen molar-refractivity contribution in [3.8, 4) is 0 Å². The molecule has 0 heterocycles. The number of carbonyl (C=O) groups excluding carboxylic acids is 1. The minimum absolute atomic E-state index is 0.0600. The highest BCUT2D eigenvalue weighted by atomic mass is 32.2. The molecule has 0 unspecified atom stereocenters. The molecule has 0 aromatic rings. The standard InChI is InChI=1S/C8H15NO4S/c1-14-5-3-6(10)8(13)9-4-2-7(11)12/h6,10H,2-5H2,1H3,(H,9,13)(H,11,12)/t6-/m1/s1. The van der Waals surface area contributed by atoms with Crippen molar-refractivity contribution < 1.29 is 19.8 Å². The van der Waals surface area contributed by atoms with Crippen molar-refractivity contribution in [3.05, 3.63) is 0 Å². The van der Waals surface area contributed by atoms with Gasteiger partial charge in [-0.1, -0.05) is 0 Å². The number of nitrogens with one attached hydrogen (secondary N) is 1. The Morgan fingerprint density at radius 3 is 2.64 bits per heavy atom. The molecule has 0 aliphatic carbocycles. The van der Waals surface area contributed by atoms with Gasteiger partial charge in [-0.2, -0.15) is 11.8 Å². The Bertz CT molecular complexity index is 198. The van der Waals surface area contributed by atoms with Gasteiger partial charge in [0.15, 0.2) is 0 Å². The molecule has 6 heteroatoms. The first-order valence-corrected chi connectivity index (χ1v) is 5.63. The van der Waals surface area contributed by atoms with Gasteiger partial charge in [0.1, 0.15) is 6.10 Å². The van der Waals surface area contributed by atoms with Gasteiger partial charge in [0.2, 0.25) is 5.91 Å². The van der Waals surface area contributed by atoms with E-state index in [4.69, 9.17) is 5.11 Å². The fourth-order valence-electron chi connectivity index (χ4n) is 0.771. The second-order valence-corrected chi connectivity index (χ2v) is 3.72. The fourth-order valence-corrected chi connectivity index (χ4v) is 1.23. The molecule has 0 rings (SSSR count). The number of hydrogen-bond acceptors (Lipinski definition) is 4. The van der Waals surface area contributed by atoms with Crippen LogP contribution in [-0.4, -0.2) is 46.7 Å². The zero-order valence-corrected chi connectivity index (χ0v) is 8.84. The molecule has 0 aromatic carbocycles. The molecule has 14 heavy (non-hydrogen) atoms. The van der Waals surface area contributed by atoms with E-state index in [-0.39, 0.29) is 13.0 Å². The highest BCUT2D eigenvalue weighted by Gasteiger charge is 2.13. The fraction of sp³-hybridized carbons (Fsp3) is 0.750. The summed E-state index contributed by atoms with van der Waals surface area (Å²) in [4.78, 5) is 21.2. The van der Waals surface area contributed by atoms with E-state index >= 15 is 0 Å². The van der Waals surface area contributed by atoms with Crippen LogP contribution in [0, 0.1) is 0 Å². The summed E-state index contributed by atoms with van der Waals surface area (Å²) >= 11 is 1.54. The Kier molecular flexibility index (Phi) is 7.23. The van der Waals surface area contributed by atoms with Crippen LogP contribution in [0.4, 0.5) is 0 Å². The SMILES string of the molecule is CSCC[C@@H](O)C(=O)NCCC(=O)O.